The van der Waals surface area contributed by atoms with Crippen molar-refractivity contribution >= 4 is 21.8 Å². The van der Waals surface area contributed by atoms with Gasteiger partial charge >= 0.3 is 21.1 Å². The first-order valence-electron chi connectivity index (χ1n) is 19.2. The largest absolute Gasteiger partial charge is 2.00 e. The number of pyridine rings is 1. The van der Waals surface area contributed by atoms with E-state index >= 15 is 0 Å². The summed E-state index contributed by atoms with van der Waals surface area (Å²) in [6, 6.07) is 28.1. The van der Waals surface area contributed by atoms with Crippen LogP contribution in [0.3, 0.4) is 0 Å². The van der Waals surface area contributed by atoms with Crippen molar-refractivity contribution in [2.45, 2.75) is 102 Å². The van der Waals surface area contributed by atoms with Crippen molar-refractivity contribution in [2.24, 2.45) is 28.1 Å². The van der Waals surface area contributed by atoms with Gasteiger partial charge in [-0.2, -0.15) is 16.7 Å². The van der Waals surface area contributed by atoms with Gasteiger partial charge in [-0.15, -0.1) is 35.7 Å². The smallest absolute Gasteiger partial charge is 0.509 e. The quantitative estimate of drug-likeness (QED) is 0.128. The monoisotopic (exact) mass is 899 g/mol. The molecule has 1 aliphatic rings. The third-order valence-electron chi connectivity index (χ3n) is 11.5. The molecule has 3 atom stereocenters. The van der Waals surface area contributed by atoms with Crippen molar-refractivity contribution in [1.29, 1.82) is 0 Å². The van der Waals surface area contributed by atoms with Gasteiger partial charge < -0.3 is 9.30 Å². The molecule has 3 aromatic heterocycles. The molecular formula is C48H56N4OPt. The van der Waals surface area contributed by atoms with E-state index in [9.17, 15) is 0 Å². The average Bonchev–Trinajstić information content (AvgIpc) is 3.55. The van der Waals surface area contributed by atoms with E-state index < -0.39 is 0 Å². The van der Waals surface area contributed by atoms with Crippen molar-refractivity contribution in [3.05, 3.63) is 119 Å². The van der Waals surface area contributed by atoms with E-state index in [1.54, 1.807) is 0 Å². The summed E-state index contributed by atoms with van der Waals surface area (Å²) >= 11 is 0. The number of ether oxygens (including phenoxy) is 1. The molecule has 0 spiro atoms. The number of hydrogen-bond donors (Lipinski definition) is 0. The molecule has 0 N–H and O–H groups in total. The van der Waals surface area contributed by atoms with Gasteiger partial charge in [0.2, 0.25) is 0 Å². The molecule has 7 rings (SSSR count). The molecule has 0 radical (unpaired) electrons. The Kier molecular flexibility index (Phi) is 10.5. The molecule has 1 aliphatic carbocycles. The minimum atomic E-state index is 0. The minimum absolute atomic E-state index is 0. The van der Waals surface area contributed by atoms with Gasteiger partial charge in [0.15, 0.2) is 0 Å². The maximum absolute atomic E-state index is 6.61. The fourth-order valence-electron chi connectivity index (χ4n) is 8.65. The Hall–Kier alpha value is -3.95. The number of benzene rings is 3. The van der Waals surface area contributed by atoms with Crippen LogP contribution in [0.15, 0.2) is 78.5 Å². The molecule has 5 nitrogen and oxygen atoms in total. The van der Waals surface area contributed by atoms with Crippen LogP contribution in [0.25, 0.3) is 33.3 Å². The molecule has 6 aromatic rings. The number of rotatable bonds is 5. The zero-order valence-corrected chi connectivity index (χ0v) is 36.7. The molecule has 3 aromatic carbocycles. The Balaban J connectivity index is 0.00000497. The number of para-hydroxylation sites is 1. The van der Waals surface area contributed by atoms with E-state index in [0.29, 0.717) is 23.3 Å². The van der Waals surface area contributed by atoms with Crippen LogP contribution < -0.4 is 4.74 Å². The van der Waals surface area contributed by atoms with Gasteiger partial charge in [-0.1, -0.05) is 105 Å². The zero-order valence-electron chi connectivity index (χ0n) is 34.4. The molecule has 0 saturated carbocycles. The van der Waals surface area contributed by atoms with Gasteiger partial charge in [0.25, 0.3) is 0 Å². The molecular weight excluding hydrogens is 844 g/mol. The molecule has 0 fully saturated rings. The van der Waals surface area contributed by atoms with Gasteiger partial charge in [-0.3, -0.25) is 4.68 Å². The Morgan fingerprint density at radius 2 is 1.48 bits per heavy atom. The van der Waals surface area contributed by atoms with Crippen LogP contribution in [-0.4, -0.2) is 19.3 Å². The van der Waals surface area contributed by atoms with Crippen molar-refractivity contribution in [3.63, 3.8) is 0 Å². The molecule has 0 aliphatic heterocycles. The topological polar surface area (TPSA) is 44.9 Å². The fraction of sp³-hybridized carbons (Fsp3) is 0.417. The Morgan fingerprint density at radius 3 is 2.15 bits per heavy atom. The van der Waals surface area contributed by atoms with Crippen LogP contribution >= 0.6 is 0 Å². The molecule has 284 valence electrons. The standard InChI is InChI=1S/C48H56N4O.Pt/c1-29-20-21-49-43(24-29)51-41-17-15-14-16-37(41)38-19-18-35(28-42(38)51)53-36-23-30(2)22-34(27-36)52-32(4)44(31(3)50-52)45-39(47(8,9)10)25-33(46(5,6)7)26-40(45)48(11,12)13;/h14-25,33,40,45H,26H2,1-13H3;/q-2;+2/t33-,40-,45?;/m0./s1. The van der Waals surface area contributed by atoms with Crippen molar-refractivity contribution in [3.8, 4) is 23.0 Å². The van der Waals surface area contributed by atoms with Crippen molar-refractivity contribution in [2.75, 3.05) is 0 Å². The van der Waals surface area contributed by atoms with E-state index in [2.05, 4.69) is 160 Å². The summed E-state index contributed by atoms with van der Waals surface area (Å²) in [5.74, 6) is 3.38. The Morgan fingerprint density at radius 1 is 0.759 bits per heavy atom. The first-order valence-corrected chi connectivity index (χ1v) is 19.2. The Labute approximate surface area is 337 Å². The molecule has 6 heteroatoms. The number of hydrogen-bond acceptors (Lipinski definition) is 3. The SMILES string of the molecule is Cc1cc(Oc2[c-]c3c(cc2)c2ccccc2n3-c2cc(C)ccn2)[c-]c(-n2nc(C)c(C3C(C(C)(C)C)=C[C@H](C(C)(C)C)C[C@@H]3C(C)(C)C)c2C)c1.[Pt+2]. The predicted molar refractivity (Wildman–Crippen MR) is 220 cm³/mol. The van der Waals surface area contributed by atoms with E-state index in [0.717, 1.165) is 56.6 Å². The Bertz CT molecular complexity index is 2370. The average molecular weight is 900 g/mol. The summed E-state index contributed by atoms with van der Waals surface area (Å²) in [4.78, 5) is 4.74. The van der Waals surface area contributed by atoms with E-state index in [1.165, 1.54) is 16.8 Å². The zero-order chi connectivity index (χ0) is 38.2. The predicted octanol–water partition coefficient (Wildman–Crippen LogP) is 12.8. The number of fused-ring (bicyclic) bond motifs is 3. The van der Waals surface area contributed by atoms with Crippen LogP contribution in [0.5, 0.6) is 11.5 Å². The van der Waals surface area contributed by atoms with Crippen LogP contribution in [-0.2, 0) is 21.1 Å². The molecule has 0 bridgehead atoms. The van der Waals surface area contributed by atoms with Crippen LogP contribution in [0.1, 0.15) is 103 Å². The molecule has 0 amide bonds. The first-order chi connectivity index (χ1) is 24.8. The summed E-state index contributed by atoms with van der Waals surface area (Å²) in [6.07, 6.45) is 5.66. The molecule has 3 heterocycles. The molecule has 0 saturated heterocycles. The summed E-state index contributed by atoms with van der Waals surface area (Å²) in [6.45, 7) is 30.2. The summed E-state index contributed by atoms with van der Waals surface area (Å²) < 4.78 is 10.9. The first kappa shape index (κ1) is 39.7. The summed E-state index contributed by atoms with van der Waals surface area (Å²) in [5.41, 5.74) is 10.6. The number of allylic oxidation sites excluding steroid dienone is 2. The second kappa shape index (κ2) is 14.3. The number of aromatic nitrogens is 4. The van der Waals surface area contributed by atoms with E-state index in [4.69, 9.17) is 14.8 Å². The minimum Gasteiger partial charge on any atom is -0.509 e. The summed E-state index contributed by atoms with van der Waals surface area (Å²) in [7, 11) is 0. The van der Waals surface area contributed by atoms with Gasteiger partial charge in [-0.05, 0) is 90.1 Å². The second-order valence-electron chi connectivity index (χ2n) is 18.7. The van der Waals surface area contributed by atoms with E-state index in [-0.39, 0.29) is 43.2 Å². The van der Waals surface area contributed by atoms with Gasteiger partial charge in [0.05, 0.1) is 5.69 Å². The molecule has 54 heavy (non-hydrogen) atoms. The number of nitrogens with zero attached hydrogens (tertiary/aromatic N) is 4. The van der Waals surface area contributed by atoms with Crippen LogP contribution in [0.4, 0.5) is 0 Å². The normalized spacial score (nSPS) is 18.2. The molecule has 1 unspecified atom stereocenters. The van der Waals surface area contributed by atoms with Crippen LogP contribution in [0.2, 0.25) is 0 Å². The maximum atomic E-state index is 6.61. The van der Waals surface area contributed by atoms with Gasteiger partial charge in [-0.25, -0.2) is 4.98 Å². The van der Waals surface area contributed by atoms with Gasteiger partial charge in [0.1, 0.15) is 5.82 Å². The van der Waals surface area contributed by atoms with E-state index in [1.807, 2.05) is 24.4 Å². The van der Waals surface area contributed by atoms with Crippen LogP contribution in [0, 0.1) is 67.9 Å². The third kappa shape index (κ3) is 7.38. The van der Waals surface area contributed by atoms with Crippen molar-refractivity contribution < 1.29 is 25.8 Å². The fourth-order valence-corrected chi connectivity index (χ4v) is 8.65. The van der Waals surface area contributed by atoms with Gasteiger partial charge in [0, 0.05) is 40.4 Å². The number of aryl methyl sites for hydroxylation is 3. The second-order valence-corrected chi connectivity index (χ2v) is 18.7. The third-order valence-corrected chi connectivity index (χ3v) is 11.5. The maximum Gasteiger partial charge on any atom is 2.00 e. The van der Waals surface area contributed by atoms with Crippen molar-refractivity contribution in [1.82, 2.24) is 19.3 Å². The summed E-state index contributed by atoms with van der Waals surface area (Å²) in [5, 5.41) is 7.51.